The second kappa shape index (κ2) is 4.42. The predicted octanol–water partition coefficient (Wildman–Crippen LogP) is 2.25. The molecule has 1 aliphatic rings. The zero-order valence-electron chi connectivity index (χ0n) is 9.74. The fourth-order valence-electron chi connectivity index (χ4n) is 1.36. The lowest BCUT2D eigenvalue weighted by Gasteiger charge is -2.47. The number of ether oxygens (including phenoxy) is 1. The van der Waals surface area contributed by atoms with Gasteiger partial charge < -0.3 is 4.90 Å². The van der Waals surface area contributed by atoms with E-state index in [1.807, 2.05) is 0 Å². The second-order valence-corrected chi connectivity index (χ2v) is 4.17. The van der Waals surface area contributed by atoms with Gasteiger partial charge in [0.2, 0.25) is 0 Å². The Kier molecular flexibility index (Phi) is 3.81. The van der Waals surface area contributed by atoms with Crippen LogP contribution in [-0.4, -0.2) is 61.3 Å². The number of halogens is 8. The van der Waals surface area contributed by atoms with E-state index >= 15 is 0 Å². The van der Waals surface area contributed by atoms with Gasteiger partial charge in [-0.25, -0.2) is 4.74 Å². The van der Waals surface area contributed by atoms with Gasteiger partial charge in [0.1, 0.15) is 0 Å². The van der Waals surface area contributed by atoms with Crippen LogP contribution in [0.25, 0.3) is 0 Å². The van der Waals surface area contributed by atoms with Crippen molar-refractivity contribution in [2.24, 2.45) is 0 Å². The van der Waals surface area contributed by atoms with Crippen molar-refractivity contribution in [2.75, 3.05) is 27.2 Å². The van der Waals surface area contributed by atoms with Gasteiger partial charge >= 0.3 is 24.3 Å². The molecule has 0 aromatic heterocycles. The lowest BCUT2D eigenvalue weighted by atomic mass is 10.2. The molecule has 114 valence electrons. The average molecular weight is 302 g/mol. The van der Waals surface area contributed by atoms with Crippen LogP contribution in [0.4, 0.5) is 35.1 Å². The van der Waals surface area contributed by atoms with Gasteiger partial charge in [-0.1, -0.05) is 0 Å². The Morgan fingerprint density at radius 2 is 1.21 bits per heavy atom. The first-order chi connectivity index (χ1) is 8.26. The van der Waals surface area contributed by atoms with Crippen molar-refractivity contribution < 1.29 is 39.9 Å². The topological polar surface area (TPSA) is 15.7 Å². The van der Waals surface area contributed by atoms with Crippen molar-refractivity contribution in [3.05, 3.63) is 0 Å². The van der Waals surface area contributed by atoms with E-state index in [4.69, 9.17) is 0 Å². The van der Waals surface area contributed by atoms with Crippen molar-refractivity contribution in [2.45, 2.75) is 24.3 Å². The molecule has 0 aromatic carbocycles. The van der Waals surface area contributed by atoms with Crippen LogP contribution in [0.2, 0.25) is 0 Å². The zero-order valence-corrected chi connectivity index (χ0v) is 9.74. The highest BCUT2D eigenvalue weighted by molar-refractivity contribution is 4.94. The van der Waals surface area contributed by atoms with Gasteiger partial charge in [0.15, 0.2) is 0 Å². The minimum absolute atomic E-state index is 0.558. The first-order valence-electron chi connectivity index (χ1n) is 4.89. The number of rotatable bonds is 3. The summed E-state index contributed by atoms with van der Waals surface area (Å²) in [6, 6.07) is -11.1. The van der Waals surface area contributed by atoms with Gasteiger partial charge in [0.25, 0.3) is 0 Å². The Labute approximate surface area is 102 Å². The number of morpholine rings is 1. The summed E-state index contributed by atoms with van der Waals surface area (Å²) in [5, 5.41) is 0. The van der Waals surface area contributed by atoms with Crippen molar-refractivity contribution in [1.82, 2.24) is 9.80 Å². The molecule has 0 saturated carbocycles. The Morgan fingerprint density at radius 1 is 0.842 bits per heavy atom. The molecule has 1 saturated heterocycles. The van der Waals surface area contributed by atoms with E-state index in [0.29, 0.717) is 0 Å². The van der Waals surface area contributed by atoms with Gasteiger partial charge in [0, 0.05) is 13.1 Å². The lowest BCUT2D eigenvalue weighted by molar-refractivity contribution is -0.562. The average Bonchev–Trinajstić information content (AvgIpc) is 2.12. The molecular formula is C8H10F8N2O. The maximum Gasteiger partial charge on any atom is 0.439 e. The van der Waals surface area contributed by atoms with E-state index in [-0.39, 0.29) is 0 Å². The molecule has 0 aromatic rings. The molecular weight excluding hydrogens is 292 g/mol. The summed E-state index contributed by atoms with van der Waals surface area (Å²) in [6.45, 7) is -1.96. The highest BCUT2D eigenvalue weighted by atomic mass is 19.4. The number of likely N-dealkylation sites (N-methyl/N-ethyl adjacent to an activating group) is 1. The molecule has 11 heteroatoms. The summed E-state index contributed by atoms with van der Waals surface area (Å²) in [5.41, 5.74) is 0. The molecule has 0 unspecified atom stereocenters. The quantitative estimate of drug-likeness (QED) is 0.587. The Hall–Kier alpha value is -0.680. The second-order valence-electron chi connectivity index (χ2n) is 4.17. The normalized spacial score (nSPS) is 28.6. The molecule has 0 spiro atoms. The summed E-state index contributed by atoms with van der Waals surface area (Å²) < 4.78 is 106. The van der Waals surface area contributed by atoms with Crippen LogP contribution >= 0.6 is 0 Å². The van der Waals surface area contributed by atoms with Crippen LogP contribution in [0.3, 0.4) is 0 Å². The summed E-state index contributed by atoms with van der Waals surface area (Å²) in [6.07, 6.45) is -11.5. The molecule has 0 N–H and O–H groups in total. The third-order valence-electron chi connectivity index (χ3n) is 2.41. The van der Waals surface area contributed by atoms with E-state index in [1.54, 1.807) is 0 Å². The fraction of sp³-hybridized carbons (Fsp3) is 1.00. The monoisotopic (exact) mass is 302 g/mol. The number of hydrogen-bond acceptors (Lipinski definition) is 3. The van der Waals surface area contributed by atoms with Gasteiger partial charge in [-0.05, 0) is 14.1 Å². The van der Waals surface area contributed by atoms with Gasteiger partial charge in [0.05, 0.1) is 0 Å². The third kappa shape index (κ3) is 2.50. The molecule has 1 aliphatic heterocycles. The predicted molar refractivity (Wildman–Crippen MR) is 46.1 cm³/mol. The molecule has 1 rings (SSSR count). The molecule has 0 amide bonds. The van der Waals surface area contributed by atoms with Gasteiger partial charge in [-0.3, -0.25) is 0 Å². The van der Waals surface area contributed by atoms with E-state index in [2.05, 4.69) is 4.74 Å². The van der Waals surface area contributed by atoms with Crippen LogP contribution in [0.5, 0.6) is 0 Å². The van der Waals surface area contributed by atoms with E-state index < -0.39 is 42.3 Å². The number of nitrogens with zero attached hydrogens (tertiary/aromatic N) is 2. The van der Waals surface area contributed by atoms with Gasteiger partial charge in [-0.2, -0.15) is 40.0 Å². The summed E-state index contributed by atoms with van der Waals surface area (Å²) in [5.74, 6) is 0. The number of hydrogen-bond donors (Lipinski definition) is 0. The summed E-state index contributed by atoms with van der Waals surface area (Å²) in [4.78, 5) is -0.443. The van der Waals surface area contributed by atoms with Crippen molar-refractivity contribution >= 4 is 0 Å². The first kappa shape index (κ1) is 16.4. The van der Waals surface area contributed by atoms with Crippen molar-refractivity contribution in [1.29, 1.82) is 0 Å². The number of alkyl halides is 8. The molecule has 1 heterocycles. The fourth-order valence-corrected chi connectivity index (χ4v) is 1.36. The van der Waals surface area contributed by atoms with E-state index in [1.165, 1.54) is 14.1 Å². The van der Waals surface area contributed by atoms with Gasteiger partial charge in [-0.15, -0.1) is 0 Å². The third-order valence-corrected chi connectivity index (χ3v) is 2.41. The molecule has 19 heavy (non-hydrogen) atoms. The highest BCUT2D eigenvalue weighted by Gasteiger charge is 2.82. The maximum absolute atomic E-state index is 13.2. The van der Waals surface area contributed by atoms with Crippen molar-refractivity contribution in [3.8, 4) is 0 Å². The molecule has 0 bridgehead atoms. The van der Waals surface area contributed by atoms with Crippen LogP contribution in [-0.2, 0) is 4.74 Å². The summed E-state index contributed by atoms with van der Waals surface area (Å²) in [7, 11) is 2.54. The molecule has 3 nitrogen and oxygen atoms in total. The lowest BCUT2D eigenvalue weighted by Crippen LogP contribution is -2.74. The SMILES string of the molecule is CN(C)CCN1C(F)(F)C(F)(F)OC(F)(F)C1(F)F. The molecule has 0 atom stereocenters. The standard InChI is InChI=1S/C8H10F8N2O/c1-17(2)3-4-18-5(9,10)7(13,14)19-8(15,16)6(18,11)12/h3-4H2,1-2H3. The van der Waals surface area contributed by atoms with Crippen LogP contribution < -0.4 is 0 Å². The molecule has 0 radical (unpaired) electrons. The maximum atomic E-state index is 13.2. The Morgan fingerprint density at radius 3 is 1.53 bits per heavy atom. The Balaban J connectivity index is 3.17. The van der Waals surface area contributed by atoms with Crippen LogP contribution in [0.1, 0.15) is 0 Å². The zero-order chi connectivity index (χ0) is 15.3. The largest absolute Gasteiger partial charge is 0.439 e. The minimum Gasteiger partial charge on any atom is -0.308 e. The van der Waals surface area contributed by atoms with E-state index in [9.17, 15) is 35.1 Å². The minimum atomic E-state index is -5.73. The molecule has 1 fully saturated rings. The van der Waals surface area contributed by atoms with Crippen LogP contribution in [0, 0.1) is 0 Å². The Bertz CT molecular complexity index is 320. The van der Waals surface area contributed by atoms with E-state index in [0.717, 1.165) is 4.90 Å². The van der Waals surface area contributed by atoms with Crippen molar-refractivity contribution in [3.63, 3.8) is 0 Å². The first-order valence-corrected chi connectivity index (χ1v) is 4.89. The summed E-state index contributed by atoms with van der Waals surface area (Å²) >= 11 is 0. The smallest absolute Gasteiger partial charge is 0.308 e. The van der Waals surface area contributed by atoms with Crippen LogP contribution in [0.15, 0.2) is 0 Å². The highest BCUT2D eigenvalue weighted by Crippen LogP contribution is 2.55. The molecule has 0 aliphatic carbocycles.